The first-order valence-corrected chi connectivity index (χ1v) is 8.44. The average molecular weight is 434 g/mol. The number of carbonyl (C=O) groups is 2. The number of aromatic nitrogens is 1. The molecule has 2 rings (SSSR count). The van der Waals surface area contributed by atoms with Gasteiger partial charge < -0.3 is 19.3 Å². The van der Waals surface area contributed by atoms with E-state index in [0.717, 1.165) is 0 Å². The molecule has 0 radical (unpaired) electrons. The zero-order valence-corrected chi connectivity index (χ0v) is 15.7. The van der Waals surface area contributed by atoms with E-state index in [9.17, 15) is 22.8 Å². The molecule has 156 valence electrons. The number of Topliss-reactive ketones (excluding diaryl/α,β-unsaturated/α-hetero) is 1. The maximum atomic E-state index is 12.6. The minimum Gasteiger partial charge on any atom is -0.479 e. The highest BCUT2D eigenvalue weighted by atomic mass is 35.5. The quantitative estimate of drug-likeness (QED) is 0.637. The number of benzene rings is 1. The van der Waals surface area contributed by atoms with E-state index in [1.165, 1.54) is 31.2 Å². The highest BCUT2D eigenvalue weighted by molar-refractivity contribution is 6.31. The van der Waals surface area contributed by atoms with Gasteiger partial charge in [-0.05, 0) is 37.3 Å². The number of rotatable bonds is 8. The summed E-state index contributed by atoms with van der Waals surface area (Å²) in [7, 11) is 0. The molecule has 2 aromatic rings. The highest BCUT2D eigenvalue weighted by Crippen LogP contribution is 2.34. The van der Waals surface area contributed by atoms with Gasteiger partial charge in [0.2, 0.25) is 5.88 Å². The lowest BCUT2D eigenvalue weighted by molar-refractivity contribution is -0.154. The summed E-state index contributed by atoms with van der Waals surface area (Å²) in [6.45, 7) is 0.112. The lowest BCUT2D eigenvalue weighted by Crippen LogP contribution is -2.28. The molecular weight excluding hydrogens is 419 g/mol. The normalized spacial score (nSPS) is 12.2. The van der Waals surface area contributed by atoms with Crippen molar-refractivity contribution in [3.63, 3.8) is 0 Å². The van der Waals surface area contributed by atoms with Gasteiger partial charge in [0.15, 0.2) is 18.5 Å². The van der Waals surface area contributed by atoms with Crippen molar-refractivity contribution in [3.05, 3.63) is 47.1 Å². The Labute approximate surface area is 168 Å². The van der Waals surface area contributed by atoms with Gasteiger partial charge in [0, 0.05) is 6.20 Å². The number of alkyl halides is 3. The van der Waals surface area contributed by atoms with Crippen molar-refractivity contribution < 1.29 is 42.1 Å². The van der Waals surface area contributed by atoms with Gasteiger partial charge in [-0.2, -0.15) is 13.2 Å². The van der Waals surface area contributed by atoms with E-state index in [1.54, 1.807) is 0 Å². The molecule has 1 aromatic carbocycles. The molecule has 11 heteroatoms. The van der Waals surface area contributed by atoms with E-state index in [0.29, 0.717) is 12.3 Å². The molecule has 0 aliphatic rings. The first kappa shape index (κ1) is 22.4. The van der Waals surface area contributed by atoms with Crippen LogP contribution in [-0.2, 0) is 20.5 Å². The van der Waals surface area contributed by atoms with E-state index >= 15 is 0 Å². The SMILES string of the molecule is CC(Oc1ccc(Oc2ncc(C(F)(F)F)cc2Cl)cc1)C(=O)OCC(=O)CO. The van der Waals surface area contributed by atoms with Crippen LogP contribution in [0.15, 0.2) is 36.5 Å². The molecule has 1 atom stereocenters. The molecule has 1 unspecified atom stereocenters. The molecule has 0 aliphatic carbocycles. The minimum absolute atomic E-state index is 0.209. The molecule has 1 heterocycles. The fourth-order valence-corrected chi connectivity index (χ4v) is 2.13. The van der Waals surface area contributed by atoms with Gasteiger partial charge in [0.1, 0.15) is 23.1 Å². The van der Waals surface area contributed by atoms with Crippen LogP contribution < -0.4 is 9.47 Å². The summed E-state index contributed by atoms with van der Waals surface area (Å²) in [6, 6.07) is 6.44. The number of aliphatic hydroxyl groups excluding tert-OH is 1. The van der Waals surface area contributed by atoms with E-state index in [4.69, 9.17) is 26.2 Å². The Morgan fingerprint density at radius 1 is 1.21 bits per heavy atom. The van der Waals surface area contributed by atoms with Crippen LogP contribution in [0.3, 0.4) is 0 Å². The van der Waals surface area contributed by atoms with Gasteiger partial charge in [0.25, 0.3) is 0 Å². The number of carbonyl (C=O) groups excluding carboxylic acids is 2. The van der Waals surface area contributed by atoms with Crippen molar-refractivity contribution in [2.75, 3.05) is 13.2 Å². The van der Waals surface area contributed by atoms with E-state index < -0.39 is 42.8 Å². The van der Waals surface area contributed by atoms with Crippen LogP contribution in [0.5, 0.6) is 17.4 Å². The summed E-state index contributed by atoms with van der Waals surface area (Å²) in [5.74, 6) is -1.17. The van der Waals surface area contributed by atoms with Crippen LogP contribution >= 0.6 is 11.6 Å². The van der Waals surface area contributed by atoms with Crippen LogP contribution in [0, 0.1) is 0 Å². The highest BCUT2D eigenvalue weighted by Gasteiger charge is 2.31. The fourth-order valence-electron chi connectivity index (χ4n) is 1.92. The Hall–Kier alpha value is -2.85. The lowest BCUT2D eigenvalue weighted by atomic mass is 10.3. The first-order valence-electron chi connectivity index (χ1n) is 8.06. The van der Waals surface area contributed by atoms with Crippen LogP contribution in [0.2, 0.25) is 5.02 Å². The maximum Gasteiger partial charge on any atom is 0.417 e. The number of halogens is 4. The second-order valence-corrected chi connectivity index (χ2v) is 6.05. The number of hydrogen-bond donors (Lipinski definition) is 1. The number of pyridine rings is 1. The molecule has 7 nitrogen and oxygen atoms in total. The van der Waals surface area contributed by atoms with Gasteiger partial charge in [-0.3, -0.25) is 4.79 Å². The summed E-state index contributed by atoms with van der Waals surface area (Å²) >= 11 is 5.78. The number of ether oxygens (including phenoxy) is 3. The van der Waals surface area contributed by atoms with Crippen molar-refractivity contribution in [2.45, 2.75) is 19.2 Å². The standard InChI is InChI=1S/C18H15ClF3NO6/c1-10(17(26)27-9-12(25)8-24)28-13-2-4-14(5-3-13)29-16-15(19)6-11(7-23-16)18(20,21)22/h2-7,10,24H,8-9H2,1H3. The van der Waals surface area contributed by atoms with Gasteiger partial charge in [-0.15, -0.1) is 0 Å². The smallest absolute Gasteiger partial charge is 0.417 e. The molecule has 1 aromatic heterocycles. The van der Waals surface area contributed by atoms with Gasteiger partial charge in [-0.25, -0.2) is 9.78 Å². The zero-order chi connectivity index (χ0) is 21.6. The molecule has 29 heavy (non-hydrogen) atoms. The molecule has 0 bridgehead atoms. The zero-order valence-electron chi connectivity index (χ0n) is 14.9. The Bertz CT molecular complexity index is 873. The summed E-state index contributed by atoms with van der Waals surface area (Å²) in [5, 5.41) is 8.26. The largest absolute Gasteiger partial charge is 0.479 e. The Balaban J connectivity index is 1.96. The number of ketones is 1. The van der Waals surface area contributed by atoms with Crippen molar-refractivity contribution in [1.82, 2.24) is 4.98 Å². The molecule has 0 aliphatic heterocycles. The molecule has 0 spiro atoms. The number of esters is 1. The van der Waals surface area contributed by atoms with E-state index in [-0.39, 0.29) is 22.4 Å². The van der Waals surface area contributed by atoms with E-state index in [1.807, 2.05) is 0 Å². The summed E-state index contributed by atoms with van der Waals surface area (Å²) < 4.78 is 53.2. The molecule has 1 N–H and O–H groups in total. The summed E-state index contributed by atoms with van der Waals surface area (Å²) in [6.07, 6.45) is -5.00. The van der Waals surface area contributed by atoms with Crippen molar-refractivity contribution >= 4 is 23.4 Å². The van der Waals surface area contributed by atoms with Crippen molar-refractivity contribution in [1.29, 1.82) is 0 Å². The van der Waals surface area contributed by atoms with Crippen LogP contribution in [-0.4, -0.2) is 41.2 Å². The lowest BCUT2D eigenvalue weighted by Gasteiger charge is -2.14. The topological polar surface area (TPSA) is 95.0 Å². The molecule has 0 saturated heterocycles. The molecule has 0 fully saturated rings. The van der Waals surface area contributed by atoms with Crippen LogP contribution in [0.25, 0.3) is 0 Å². The Morgan fingerprint density at radius 3 is 2.38 bits per heavy atom. The third kappa shape index (κ3) is 6.61. The second kappa shape index (κ2) is 9.57. The molecule has 0 amide bonds. The first-order chi connectivity index (χ1) is 13.6. The van der Waals surface area contributed by atoms with Gasteiger partial charge in [0.05, 0.1) is 5.56 Å². The maximum absolute atomic E-state index is 12.6. The average Bonchev–Trinajstić information content (AvgIpc) is 2.67. The fraction of sp³-hybridized carbons (Fsp3) is 0.278. The molecule has 0 saturated carbocycles. The molecular formula is C18H15ClF3NO6. The van der Waals surface area contributed by atoms with Gasteiger partial charge >= 0.3 is 12.1 Å². The van der Waals surface area contributed by atoms with Crippen molar-refractivity contribution in [2.24, 2.45) is 0 Å². The van der Waals surface area contributed by atoms with Crippen molar-refractivity contribution in [3.8, 4) is 17.4 Å². The Morgan fingerprint density at radius 2 is 1.83 bits per heavy atom. The third-order valence-electron chi connectivity index (χ3n) is 3.37. The predicted molar refractivity (Wildman–Crippen MR) is 93.9 cm³/mol. The van der Waals surface area contributed by atoms with Crippen LogP contribution in [0.1, 0.15) is 12.5 Å². The minimum atomic E-state index is -4.57. The number of aliphatic hydroxyl groups is 1. The van der Waals surface area contributed by atoms with Gasteiger partial charge in [-0.1, -0.05) is 11.6 Å². The summed E-state index contributed by atoms with van der Waals surface area (Å²) in [5.41, 5.74) is -1.000. The van der Waals surface area contributed by atoms with E-state index in [2.05, 4.69) is 9.72 Å². The second-order valence-electron chi connectivity index (χ2n) is 5.65. The number of nitrogens with zero attached hydrogens (tertiary/aromatic N) is 1. The Kier molecular flexibility index (Phi) is 7.40. The third-order valence-corrected chi connectivity index (χ3v) is 3.64. The van der Waals surface area contributed by atoms with Crippen LogP contribution in [0.4, 0.5) is 13.2 Å². The predicted octanol–water partition coefficient (Wildman–Crippen LogP) is 3.42. The monoisotopic (exact) mass is 433 g/mol. The number of hydrogen-bond acceptors (Lipinski definition) is 7. The summed E-state index contributed by atoms with van der Waals surface area (Å²) in [4.78, 5) is 26.2.